The lowest BCUT2D eigenvalue weighted by Gasteiger charge is -2.26. The minimum absolute atomic E-state index is 0.000426. The molecule has 5 nitrogen and oxygen atoms in total. The summed E-state index contributed by atoms with van der Waals surface area (Å²) in [6.45, 7) is 0. The number of urea groups is 1. The van der Waals surface area contributed by atoms with Crippen LogP contribution in [0.2, 0.25) is 0 Å². The molecule has 114 valence electrons. The molecule has 0 aliphatic carbocycles. The van der Waals surface area contributed by atoms with E-state index in [1.54, 1.807) is 11.8 Å². The topological polar surface area (TPSA) is 75.3 Å². The second-order valence-electron chi connectivity index (χ2n) is 5.45. The summed E-state index contributed by atoms with van der Waals surface area (Å²) in [7, 11) is -2.97. The third-order valence-electron chi connectivity index (χ3n) is 3.83. The molecule has 0 unspecified atom stereocenters. The number of carbonyl (C=O) groups is 1. The molecule has 2 atom stereocenters. The van der Waals surface area contributed by atoms with Crippen molar-refractivity contribution in [3.05, 3.63) is 29.8 Å². The predicted octanol–water partition coefficient (Wildman–Crippen LogP) is 1.71. The van der Waals surface area contributed by atoms with Crippen molar-refractivity contribution in [3.63, 3.8) is 0 Å². The molecule has 2 amide bonds. The van der Waals surface area contributed by atoms with Gasteiger partial charge in [-0.05, 0) is 24.5 Å². The first-order chi connectivity index (χ1) is 10.0. The zero-order chi connectivity index (χ0) is 14.9. The molecule has 7 heteroatoms. The average molecular weight is 326 g/mol. The minimum atomic E-state index is -2.97. The number of amides is 2. The van der Waals surface area contributed by atoms with Gasteiger partial charge in [-0.2, -0.15) is 0 Å². The van der Waals surface area contributed by atoms with Crippen molar-refractivity contribution in [2.24, 2.45) is 0 Å². The molecule has 2 N–H and O–H groups in total. The molecule has 0 spiro atoms. The van der Waals surface area contributed by atoms with Crippen LogP contribution in [0.25, 0.3) is 0 Å². The number of hydrogen-bond acceptors (Lipinski definition) is 4. The Hall–Kier alpha value is -1.21. The van der Waals surface area contributed by atoms with Crippen LogP contribution in [-0.4, -0.2) is 37.7 Å². The van der Waals surface area contributed by atoms with Gasteiger partial charge in [0.05, 0.1) is 17.5 Å². The standard InChI is InChI=1S/C14H18N2O3S2/c17-14(15-10-6-8-21(18,19)9-10)16-12-5-7-20-13-4-2-1-3-11(12)13/h1-4,10,12H,5-9H2,(H2,15,16,17)/t10-,12-/m0/s1. The lowest BCUT2D eigenvalue weighted by molar-refractivity contribution is 0.233. The Morgan fingerprint density at radius 2 is 2.00 bits per heavy atom. The smallest absolute Gasteiger partial charge is 0.315 e. The summed E-state index contributed by atoms with van der Waals surface area (Å²) < 4.78 is 22.8. The van der Waals surface area contributed by atoms with E-state index in [0.29, 0.717) is 6.42 Å². The number of fused-ring (bicyclic) bond motifs is 1. The highest BCUT2D eigenvalue weighted by atomic mass is 32.2. The third kappa shape index (κ3) is 3.52. The van der Waals surface area contributed by atoms with Crippen molar-refractivity contribution >= 4 is 27.6 Å². The maximum atomic E-state index is 12.1. The van der Waals surface area contributed by atoms with E-state index in [-0.39, 0.29) is 29.6 Å². The van der Waals surface area contributed by atoms with E-state index >= 15 is 0 Å². The molecule has 0 saturated carbocycles. The van der Waals surface area contributed by atoms with E-state index in [4.69, 9.17) is 0 Å². The van der Waals surface area contributed by atoms with Crippen molar-refractivity contribution in [1.82, 2.24) is 10.6 Å². The molecule has 21 heavy (non-hydrogen) atoms. The van der Waals surface area contributed by atoms with Gasteiger partial charge in [0.15, 0.2) is 9.84 Å². The molecule has 0 bridgehead atoms. The highest BCUT2D eigenvalue weighted by molar-refractivity contribution is 7.99. The fourth-order valence-corrected chi connectivity index (χ4v) is 5.58. The quantitative estimate of drug-likeness (QED) is 0.867. The first-order valence-electron chi connectivity index (χ1n) is 7.03. The van der Waals surface area contributed by atoms with Crippen LogP contribution >= 0.6 is 11.8 Å². The van der Waals surface area contributed by atoms with Gasteiger partial charge in [-0.25, -0.2) is 13.2 Å². The summed E-state index contributed by atoms with van der Waals surface area (Å²) in [6, 6.07) is 7.53. The monoisotopic (exact) mass is 326 g/mol. The van der Waals surface area contributed by atoms with Crippen LogP contribution in [0.1, 0.15) is 24.4 Å². The third-order valence-corrected chi connectivity index (χ3v) is 6.72. The van der Waals surface area contributed by atoms with Crippen molar-refractivity contribution in [2.45, 2.75) is 29.8 Å². The molecule has 2 aliphatic rings. The van der Waals surface area contributed by atoms with Crippen LogP contribution in [0.15, 0.2) is 29.2 Å². The summed E-state index contributed by atoms with van der Waals surface area (Å²) in [4.78, 5) is 13.3. The summed E-state index contributed by atoms with van der Waals surface area (Å²) in [5.41, 5.74) is 1.14. The first kappa shape index (κ1) is 14.7. The van der Waals surface area contributed by atoms with Gasteiger partial charge in [0.1, 0.15) is 0 Å². The molecule has 2 aliphatic heterocycles. The Kier molecular flexibility index (Phi) is 4.12. The van der Waals surface area contributed by atoms with Crippen molar-refractivity contribution in [1.29, 1.82) is 0 Å². The van der Waals surface area contributed by atoms with Gasteiger partial charge in [0, 0.05) is 16.7 Å². The zero-order valence-corrected chi connectivity index (χ0v) is 13.2. The molecular formula is C14H18N2O3S2. The number of rotatable bonds is 2. The maximum absolute atomic E-state index is 12.1. The van der Waals surface area contributed by atoms with Crippen molar-refractivity contribution in [3.8, 4) is 0 Å². The second kappa shape index (κ2) is 5.88. The molecule has 1 fully saturated rings. The molecule has 0 radical (unpaired) electrons. The molecule has 2 heterocycles. The van der Waals surface area contributed by atoms with Crippen LogP contribution < -0.4 is 10.6 Å². The molecule has 1 aromatic rings. The van der Waals surface area contributed by atoms with Gasteiger partial charge >= 0.3 is 6.03 Å². The Morgan fingerprint density at radius 1 is 1.19 bits per heavy atom. The normalized spacial score (nSPS) is 26.9. The largest absolute Gasteiger partial charge is 0.334 e. The Morgan fingerprint density at radius 3 is 2.76 bits per heavy atom. The number of benzene rings is 1. The van der Waals surface area contributed by atoms with Gasteiger partial charge < -0.3 is 10.6 Å². The Balaban J connectivity index is 1.61. The van der Waals surface area contributed by atoms with E-state index in [9.17, 15) is 13.2 Å². The first-order valence-corrected chi connectivity index (χ1v) is 9.83. The fraction of sp³-hybridized carbons (Fsp3) is 0.500. The predicted molar refractivity (Wildman–Crippen MR) is 83.3 cm³/mol. The Labute approximate surface area is 128 Å². The number of hydrogen-bond donors (Lipinski definition) is 2. The van der Waals surface area contributed by atoms with Gasteiger partial charge in [0.2, 0.25) is 0 Å². The zero-order valence-electron chi connectivity index (χ0n) is 11.5. The molecule has 1 saturated heterocycles. The minimum Gasteiger partial charge on any atom is -0.334 e. The summed E-state index contributed by atoms with van der Waals surface area (Å²) in [6.07, 6.45) is 1.39. The Bertz CT molecular complexity index is 645. The van der Waals surface area contributed by atoms with Gasteiger partial charge in [-0.3, -0.25) is 0 Å². The van der Waals surface area contributed by atoms with E-state index in [2.05, 4.69) is 16.7 Å². The van der Waals surface area contributed by atoms with Crippen LogP contribution in [0.3, 0.4) is 0 Å². The van der Waals surface area contributed by atoms with E-state index < -0.39 is 9.84 Å². The van der Waals surface area contributed by atoms with Crippen LogP contribution in [0.5, 0.6) is 0 Å². The highest BCUT2D eigenvalue weighted by Crippen LogP contribution is 2.35. The number of sulfone groups is 1. The van der Waals surface area contributed by atoms with E-state index in [1.807, 2.05) is 18.2 Å². The van der Waals surface area contributed by atoms with E-state index in [1.165, 1.54) is 4.90 Å². The molecular weight excluding hydrogens is 308 g/mol. The van der Waals surface area contributed by atoms with Crippen LogP contribution in [0.4, 0.5) is 4.79 Å². The lowest BCUT2D eigenvalue weighted by atomic mass is 10.0. The van der Waals surface area contributed by atoms with Crippen molar-refractivity contribution in [2.75, 3.05) is 17.3 Å². The number of thioether (sulfide) groups is 1. The molecule has 3 rings (SSSR count). The maximum Gasteiger partial charge on any atom is 0.315 e. The highest BCUT2D eigenvalue weighted by Gasteiger charge is 2.30. The van der Waals surface area contributed by atoms with Gasteiger partial charge in [0.25, 0.3) is 0 Å². The molecule has 0 aromatic heterocycles. The SMILES string of the molecule is O=C(N[C@H]1CCS(=O)(=O)C1)N[C@H]1CCSc2ccccc21. The van der Waals surface area contributed by atoms with Crippen molar-refractivity contribution < 1.29 is 13.2 Å². The lowest BCUT2D eigenvalue weighted by Crippen LogP contribution is -2.44. The summed E-state index contributed by atoms with van der Waals surface area (Å²) in [5.74, 6) is 1.19. The van der Waals surface area contributed by atoms with E-state index in [0.717, 1.165) is 17.7 Å². The number of nitrogens with one attached hydrogen (secondary N) is 2. The average Bonchev–Trinajstić information content (AvgIpc) is 2.78. The summed E-state index contributed by atoms with van der Waals surface area (Å²) in [5, 5.41) is 5.75. The molecule has 1 aromatic carbocycles. The van der Waals surface area contributed by atoms with Crippen LogP contribution in [-0.2, 0) is 9.84 Å². The van der Waals surface area contributed by atoms with Crippen LogP contribution in [0, 0.1) is 0 Å². The van der Waals surface area contributed by atoms with Gasteiger partial charge in [-0.1, -0.05) is 18.2 Å². The van der Waals surface area contributed by atoms with Gasteiger partial charge in [-0.15, -0.1) is 11.8 Å². The summed E-state index contributed by atoms with van der Waals surface area (Å²) >= 11 is 1.80. The number of carbonyl (C=O) groups excluding carboxylic acids is 1. The fourth-order valence-electron chi connectivity index (χ4n) is 2.79. The second-order valence-corrected chi connectivity index (χ2v) is 8.81.